The van der Waals surface area contributed by atoms with Crippen LogP contribution in [0, 0.1) is 0 Å². The molecule has 0 aliphatic carbocycles. The summed E-state index contributed by atoms with van der Waals surface area (Å²) < 4.78 is 1.67. The summed E-state index contributed by atoms with van der Waals surface area (Å²) >= 11 is 6.17. The van der Waals surface area contributed by atoms with Gasteiger partial charge in [0.25, 0.3) is 5.91 Å². The number of pyridine rings is 1. The molecule has 0 saturated heterocycles. The normalized spacial score (nSPS) is 14.6. The van der Waals surface area contributed by atoms with E-state index in [9.17, 15) is 9.59 Å². The van der Waals surface area contributed by atoms with E-state index < -0.39 is 0 Å². The number of imidazole rings is 1. The predicted octanol–water partition coefficient (Wildman–Crippen LogP) is 3.36. The van der Waals surface area contributed by atoms with Crippen molar-refractivity contribution in [2.75, 3.05) is 5.32 Å². The number of aryl methyl sites for hydroxylation is 1. The van der Waals surface area contributed by atoms with Gasteiger partial charge < -0.3 is 10.6 Å². The van der Waals surface area contributed by atoms with Crippen LogP contribution < -0.4 is 10.6 Å². The quantitative estimate of drug-likeness (QED) is 0.744. The van der Waals surface area contributed by atoms with Crippen molar-refractivity contribution >= 4 is 34.7 Å². The summed E-state index contributed by atoms with van der Waals surface area (Å²) in [6.45, 7) is 1.91. The topological polar surface area (TPSA) is 75.5 Å². The number of anilines is 1. The molecule has 1 aliphatic heterocycles. The van der Waals surface area contributed by atoms with Crippen LogP contribution in [0.3, 0.4) is 0 Å². The Bertz CT molecular complexity index is 1030. The third-order valence-electron chi connectivity index (χ3n) is 4.57. The first kappa shape index (κ1) is 16.6. The first-order valence-electron chi connectivity index (χ1n) is 8.39. The lowest BCUT2D eigenvalue weighted by molar-refractivity contribution is -0.116. The molecule has 0 radical (unpaired) electrons. The van der Waals surface area contributed by atoms with Gasteiger partial charge in [-0.05, 0) is 42.7 Å². The first-order valence-corrected chi connectivity index (χ1v) is 8.77. The molecule has 4 rings (SSSR count). The van der Waals surface area contributed by atoms with Gasteiger partial charge in [0, 0.05) is 18.3 Å². The van der Waals surface area contributed by atoms with Crippen LogP contribution in [0.2, 0.25) is 5.15 Å². The van der Waals surface area contributed by atoms with E-state index in [2.05, 4.69) is 15.6 Å². The highest BCUT2D eigenvalue weighted by atomic mass is 35.5. The number of nitrogens with zero attached hydrogens (tertiary/aromatic N) is 2. The van der Waals surface area contributed by atoms with Gasteiger partial charge in [0.05, 0.1) is 6.04 Å². The Morgan fingerprint density at radius 3 is 3.00 bits per heavy atom. The first-order chi connectivity index (χ1) is 12.5. The third-order valence-corrected chi connectivity index (χ3v) is 4.84. The van der Waals surface area contributed by atoms with Crippen molar-refractivity contribution in [3.63, 3.8) is 0 Å². The SMILES string of the molecule is C[C@H](NC(=O)c1c(Cl)nc2ccccn12)c1ccc2c(c1)CCC(=O)N2. The molecule has 0 unspecified atom stereocenters. The van der Waals surface area contributed by atoms with Crippen LogP contribution in [0.5, 0.6) is 0 Å². The lowest BCUT2D eigenvalue weighted by atomic mass is 9.98. The molecule has 2 N–H and O–H groups in total. The molecule has 0 spiro atoms. The minimum atomic E-state index is -0.285. The molecular weight excluding hydrogens is 352 g/mol. The van der Waals surface area contributed by atoms with Crippen molar-refractivity contribution in [3.8, 4) is 0 Å². The Hall–Kier alpha value is -2.86. The summed E-state index contributed by atoms with van der Waals surface area (Å²) in [5.41, 5.74) is 3.83. The Kier molecular flexibility index (Phi) is 4.12. The van der Waals surface area contributed by atoms with Crippen molar-refractivity contribution in [2.24, 2.45) is 0 Å². The summed E-state index contributed by atoms with van der Waals surface area (Å²) in [6, 6.07) is 11.1. The van der Waals surface area contributed by atoms with Crippen molar-refractivity contribution in [1.29, 1.82) is 0 Å². The fourth-order valence-corrected chi connectivity index (χ4v) is 3.45. The number of nitrogens with one attached hydrogen (secondary N) is 2. The molecule has 26 heavy (non-hydrogen) atoms. The van der Waals surface area contributed by atoms with E-state index in [0.29, 0.717) is 24.2 Å². The van der Waals surface area contributed by atoms with Crippen LogP contribution in [0.1, 0.15) is 41.0 Å². The smallest absolute Gasteiger partial charge is 0.272 e. The number of carbonyl (C=O) groups excluding carboxylic acids is 2. The molecule has 132 valence electrons. The number of aromatic nitrogens is 2. The number of hydrogen-bond donors (Lipinski definition) is 2. The van der Waals surface area contributed by atoms with E-state index in [-0.39, 0.29) is 23.0 Å². The highest BCUT2D eigenvalue weighted by Gasteiger charge is 2.21. The van der Waals surface area contributed by atoms with Crippen LogP contribution in [0.25, 0.3) is 5.65 Å². The third kappa shape index (κ3) is 2.93. The fourth-order valence-electron chi connectivity index (χ4n) is 3.19. The fraction of sp³-hybridized carbons (Fsp3) is 0.211. The van der Waals surface area contributed by atoms with E-state index >= 15 is 0 Å². The van der Waals surface area contributed by atoms with Gasteiger partial charge in [0.1, 0.15) is 5.65 Å². The maximum atomic E-state index is 12.7. The van der Waals surface area contributed by atoms with Gasteiger partial charge in [-0.15, -0.1) is 0 Å². The van der Waals surface area contributed by atoms with Gasteiger partial charge in [-0.1, -0.05) is 29.8 Å². The summed E-state index contributed by atoms with van der Waals surface area (Å²) in [5, 5.41) is 6.01. The van der Waals surface area contributed by atoms with Crippen molar-refractivity contribution in [3.05, 3.63) is 64.6 Å². The number of hydrogen-bond acceptors (Lipinski definition) is 3. The minimum absolute atomic E-state index is 0.0360. The minimum Gasteiger partial charge on any atom is -0.344 e. The maximum Gasteiger partial charge on any atom is 0.272 e. The largest absolute Gasteiger partial charge is 0.344 e. The summed E-state index contributed by atoms with van der Waals surface area (Å²) in [5.74, 6) is -0.249. The van der Waals surface area contributed by atoms with Crippen LogP contribution in [-0.4, -0.2) is 21.2 Å². The zero-order valence-corrected chi connectivity index (χ0v) is 14.9. The van der Waals surface area contributed by atoms with Crippen molar-refractivity contribution < 1.29 is 9.59 Å². The molecule has 3 aromatic rings. The monoisotopic (exact) mass is 368 g/mol. The number of amides is 2. The van der Waals surface area contributed by atoms with Crippen LogP contribution in [0.15, 0.2) is 42.6 Å². The average Bonchev–Trinajstić information content (AvgIpc) is 2.96. The molecule has 1 aromatic carbocycles. The molecule has 2 amide bonds. The van der Waals surface area contributed by atoms with Crippen LogP contribution in [-0.2, 0) is 11.2 Å². The van der Waals surface area contributed by atoms with Gasteiger partial charge in [-0.3, -0.25) is 14.0 Å². The second-order valence-corrected chi connectivity index (χ2v) is 6.70. The molecule has 0 bridgehead atoms. The standard InChI is InChI=1S/C19H17ClN4O2/c1-11(12-5-7-14-13(10-12)6-8-16(25)22-14)21-19(26)17-18(20)23-15-4-2-3-9-24(15)17/h2-5,7,9-11H,6,8H2,1H3,(H,21,26)(H,22,25)/t11-/m0/s1. The van der Waals surface area contributed by atoms with Gasteiger partial charge in [0.2, 0.25) is 5.91 Å². The lowest BCUT2D eigenvalue weighted by Crippen LogP contribution is -2.28. The molecule has 6 nitrogen and oxygen atoms in total. The van der Waals surface area contributed by atoms with E-state index in [1.54, 1.807) is 16.7 Å². The number of rotatable bonds is 3. The molecule has 0 fully saturated rings. The molecule has 1 aliphatic rings. The number of carbonyl (C=O) groups is 2. The van der Waals surface area contributed by atoms with Crippen LogP contribution in [0.4, 0.5) is 5.69 Å². The zero-order chi connectivity index (χ0) is 18.3. The molecule has 1 atom stereocenters. The molecule has 3 heterocycles. The summed E-state index contributed by atoms with van der Waals surface area (Å²) in [7, 11) is 0. The van der Waals surface area contributed by atoms with E-state index in [0.717, 1.165) is 16.8 Å². The van der Waals surface area contributed by atoms with Gasteiger partial charge in [-0.2, -0.15) is 0 Å². The molecule has 2 aromatic heterocycles. The second kappa shape index (κ2) is 6.46. The molecular formula is C19H17ClN4O2. The summed E-state index contributed by atoms with van der Waals surface area (Å²) in [6.07, 6.45) is 2.94. The Morgan fingerprint density at radius 1 is 1.31 bits per heavy atom. The van der Waals surface area contributed by atoms with Gasteiger partial charge in [0.15, 0.2) is 10.8 Å². The van der Waals surface area contributed by atoms with Gasteiger partial charge in [-0.25, -0.2) is 4.98 Å². The second-order valence-electron chi connectivity index (χ2n) is 6.34. The van der Waals surface area contributed by atoms with E-state index in [4.69, 9.17) is 11.6 Å². The van der Waals surface area contributed by atoms with E-state index in [1.807, 2.05) is 37.3 Å². The van der Waals surface area contributed by atoms with Crippen molar-refractivity contribution in [1.82, 2.24) is 14.7 Å². The van der Waals surface area contributed by atoms with Gasteiger partial charge >= 0.3 is 0 Å². The average molecular weight is 369 g/mol. The Morgan fingerprint density at radius 2 is 2.15 bits per heavy atom. The molecule has 0 saturated carbocycles. The molecule has 7 heteroatoms. The van der Waals surface area contributed by atoms with E-state index in [1.165, 1.54) is 0 Å². The highest BCUT2D eigenvalue weighted by Crippen LogP contribution is 2.26. The Labute approximate surface area is 155 Å². The summed E-state index contributed by atoms with van der Waals surface area (Å²) in [4.78, 5) is 28.4. The lowest BCUT2D eigenvalue weighted by Gasteiger charge is -2.20. The Balaban J connectivity index is 1.58. The predicted molar refractivity (Wildman–Crippen MR) is 99.5 cm³/mol. The number of fused-ring (bicyclic) bond motifs is 2. The number of benzene rings is 1. The number of halogens is 1. The van der Waals surface area contributed by atoms with Crippen molar-refractivity contribution in [2.45, 2.75) is 25.8 Å². The highest BCUT2D eigenvalue weighted by molar-refractivity contribution is 6.32. The maximum absolute atomic E-state index is 12.7. The van der Waals surface area contributed by atoms with Crippen LogP contribution >= 0.6 is 11.6 Å². The zero-order valence-electron chi connectivity index (χ0n) is 14.1.